The first-order valence-electron chi connectivity index (χ1n) is 4.70. The van der Waals surface area contributed by atoms with Crippen LogP contribution in [0.1, 0.15) is 27.9 Å². The number of oxime groups is 1. The summed E-state index contributed by atoms with van der Waals surface area (Å²) in [5.41, 5.74) is 0. The summed E-state index contributed by atoms with van der Waals surface area (Å²) in [5, 5.41) is 12.4. The van der Waals surface area contributed by atoms with Gasteiger partial charge in [-0.25, -0.2) is 4.79 Å². The summed E-state index contributed by atoms with van der Waals surface area (Å²) in [6.07, 6.45) is 3.19. The molecule has 0 unspecified atom stereocenters. The van der Waals surface area contributed by atoms with E-state index in [9.17, 15) is 4.79 Å². The number of carbonyl (C=O) groups is 1. The molecular weight excluding hydrogens is 214 g/mol. The monoisotopic (exact) mass is 227 g/mol. The number of hydrogen-bond donors (Lipinski definition) is 1. The Kier molecular flexibility index (Phi) is 4.83. The number of nitrogens with zero attached hydrogens (tertiary/aromatic N) is 1. The van der Waals surface area contributed by atoms with E-state index in [1.807, 2.05) is 6.92 Å². The highest BCUT2D eigenvalue weighted by Crippen LogP contribution is 2.16. The van der Waals surface area contributed by atoms with E-state index in [4.69, 9.17) is 9.94 Å². The maximum absolute atomic E-state index is 10.6. The fourth-order valence-corrected chi connectivity index (χ4v) is 1.73. The van der Waals surface area contributed by atoms with Gasteiger partial charge in [-0.15, -0.1) is 11.3 Å². The van der Waals surface area contributed by atoms with Crippen molar-refractivity contribution in [1.82, 2.24) is 0 Å². The molecule has 0 aliphatic heterocycles. The zero-order valence-electron chi connectivity index (χ0n) is 8.47. The van der Waals surface area contributed by atoms with E-state index in [1.54, 1.807) is 18.3 Å². The van der Waals surface area contributed by atoms with Gasteiger partial charge < -0.3 is 9.94 Å². The smallest absolute Gasteiger partial charge is 0.345 e. The zero-order chi connectivity index (χ0) is 11.1. The molecule has 0 bridgehead atoms. The Morgan fingerprint density at radius 3 is 3.07 bits per heavy atom. The van der Waals surface area contributed by atoms with Gasteiger partial charge in [0.1, 0.15) is 11.5 Å². The maximum atomic E-state index is 10.6. The molecule has 15 heavy (non-hydrogen) atoms. The van der Waals surface area contributed by atoms with Gasteiger partial charge in [0.2, 0.25) is 0 Å². The number of hydrogen-bond acceptors (Lipinski definition) is 4. The van der Waals surface area contributed by atoms with Gasteiger partial charge in [-0.05, 0) is 18.6 Å². The van der Waals surface area contributed by atoms with Crippen LogP contribution >= 0.6 is 11.3 Å². The molecule has 1 rings (SSSR count). The SMILES string of the molecule is CCCON=CCc1ccc(C(=O)O)s1. The van der Waals surface area contributed by atoms with E-state index < -0.39 is 5.97 Å². The molecule has 0 aliphatic carbocycles. The first kappa shape index (κ1) is 11.7. The third-order valence-electron chi connectivity index (χ3n) is 1.61. The molecule has 1 aromatic heterocycles. The first-order chi connectivity index (χ1) is 7.24. The lowest BCUT2D eigenvalue weighted by Gasteiger charge is -1.92. The Balaban J connectivity index is 2.37. The van der Waals surface area contributed by atoms with E-state index in [2.05, 4.69) is 5.16 Å². The van der Waals surface area contributed by atoms with Gasteiger partial charge >= 0.3 is 5.97 Å². The van der Waals surface area contributed by atoms with Crippen LogP contribution in [0.4, 0.5) is 0 Å². The number of carboxylic acid groups (broad SMARTS) is 1. The van der Waals surface area contributed by atoms with Crippen LogP contribution in [0.15, 0.2) is 17.3 Å². The summed E-state index contributed by atoms with van der Waals surface area (Å²) in [5.74, 6) is -0.884. The van der Waals surface area contributed by atoms with E-state index >= 15 is 0 Å². The quantitative estimate of drug-likeness (QED) is 0.461. The van der Waals surface area contributed by atoms with Crippen LogP contribution < -0.4 is 0 Å². The average Bonchev–Trinajstić information content (AvgIpc) is 2.66. The predicted octanol–water partition coefficient (Wildman–Crippen LogP) is 2.40. The molecule has 82 valence electrons. The topological polar surface area (TPSA) is 58.9 Å². The molecule has 4 nitrogen and oxygen atoms in total. The molecule has 0 aliphatic rings. The highest BCUT2D eigenvalue weighted by atomic mass is 32.1. The summed E-state index contributed by atoms with van der Waals surface area (Å²) in [6, 6.07) is 3.39. The van der Waals surface area contributed by atoms with Crippen molar-refractivity contribution in [3.8, 4) is 0 Å². The Morgan fingerprint density at radius 1 is 1.67 bits per heavy atom. The lowest BCUT2D eigenvalue weighted by Crippen LogP contribution is -1.89. The molecule has 1 aromatic rings. The highest BCUT2D eigenvalue weighted by Gasteiger charge is 2.05. The van der Waals surface area contributed by atoms with Crippen molar-refractivity contribution < 1.29 is 14.7 Å². The van der Waals surface area contributed by atoms with Crippen LogP contribution in [0.3, 0.4) is 0 Å². The normalized spacial score (nSPS) is 10.7. The van der Waals surface area contributed by atoms with Crippen LogP contribution in [0.25, 0.3) is 0 Å². The summed E-state index contributed by atoms with van der Waals surface area (Å²) in [6.45, 7) is 2.62. The van der Waals surface area contributed by atoms with Crippen LogP contribution in [0, 0.1) is 0 Å². The lowest BCUT2D eigenvalue weighted by molar-refractivity contribution is 0.0702. The Hall–Kier alpha value is -1.36. The molecule has 0 amide bonds. The third-order valence-corrected chi connectivity index (χ3v) is 2.70. The summed E-state index contributed by atoms with van der Waals surface area (Å²) in [4.78, 5) is 16.8. The van der Waals surface area contributed by atoms with Crippen molar-refractivity contribution in [1.29, 1.82) is 0 Å². The summed E-state index contributed by atoms with van der Waals surface area (Å²) < 4.78 is 0. The van der Waals surface area contributed by atoms with E-state index in [0.717, 1.165) is 11.3 Å². The van der Waals surface area contributed by atoms with Gasteiger partial charge in [0.05, 0.1) is 0 Å². The molecule has 5 heteroatoms. The van der Waals surface area contributed by atoms with Gasteiger partial charge in [-0.2, -0.15) is 0 Å². The van der Waals surface area contributed by atoms with E-state index in [0.29, 0.717) is 17.9 Å². The fraction of sp³-hybridized carbons (Fsp3) is 0.400. The minimum absolute atomic E-state index is 0.355. The predicted molar refractivity (Wildman–Crippen MR) is 59.7 cm³/mol. The first-order valence-corrected chi connectivity index (χ1v) is 5.51. The number of rotatable bonds is 6. The Morgan fingerprint density at radius 2 is 2.47 bits per heavy atom. The van der Waals surface area contributed by atoms with Crippen molar-refractivity contribution >= 4 is 23.5 Å². The molecule has 0 atom stereocenters. The molecule has 0 fully saturated rings. The largest absolute Gasteiger partial charge is 0.477 e. The van der Waals surface area contributed by atoms with Gasteiger partial charge in [-0.3, -0.25) is 0 Å². The van der Waals surface area contributed by atoms with Gasteiger partial charge in [-0.1, -0.05) is 12.1 Å². The second kappa shape index (κ2) is 6.19. The van der Waals surface area contributed by atoms with Crippen LogP contribution in [0.5, 0.6) is 0 Å². The molecule has 0 saturated carbocycles. The second-order valence-corrected chi connectivity index (χ2v) is 4.06. The lowest BCUT2D eigenvalue weighted by atomic mass is 10.3. The number of carboxylic acids is 1. The van der Waals surface area contributed by atoms with Crippen molar-refractivity contribution in [2.45, 2.75) is 19.8 Å². The highest BCUT2D eigenvalue weighted by molar-refractivity contribution is 7.14. The zero-order valence-corrected chi connectivity index (χ0v) is 9.29. The van der Waals surface area contributed by atoms with Gasteiger partial charge in [0.15, 0.2) is 0 Å². The van der Waals surface area contributed by atoms with Crippen molar-refractivity contribution in [2.24, 2.45) is 5.16 Å². The van der Waals surface area contributed by atoms with E-state index in [1.165, 1.54) is 11.3 Å². The minimum Gasteiger partial charge on any atom is -0.477 e. The third kappa shape index (κ3) is 4.12. The molecule has 0 radical (unpaired) electrons. The van der Waals surface area contributed by atoms with Crippen molar-refractivity contribution in [3.63, 3.8) is 0 Å². The average molecular weight is 227 g/mol. The van der Waals surface area contributed by atoms with E-state index in [-0.39, 0.29) is 0 Å². The second-order valence-electron chi connectivity index (χ2n) is 2.90. The molecule has 1 N–H and O–H groups in total. The minimum atomic E-state index is -0.884. The summed E-state index contributed by atoms with van der Waals surface area (Å²) in [7, 11) is 0. The molecule has 0 aromatic carbocycles. The molecule has 1 heterocycles. The summed E-state index contributed by atoms with van der Waals surface area (Å²) >= 11 is 1.26. The van der Waals surface area contributed by atoms with Crippen LogP contribution in [0.2, 0.25) is 0 Å². The number of aromatic carboxylic acids is 1. The maximum Gasteiger partial charge on any atom is 0.345 e. The Labute approximate surface area is 92.2 Å². The number of thiophene rings is 1. The van der Waals surface area contributed by atoms with Gasteiger partial charge in [0, 0.05) is 17.5 Å². The molecule has 0 saturated heterocycles. The van der Waals surface area contributed by atoms with Crippen LogP contribution in [-0.2, 0) is 11.3 Å². The molecular formula is C10H13NO3S. The Bertz CT molecular complexity index is 346. The van der Waals surface area contributed by atoms with Crippen molar-refractivity contribution in [2.75, 3.05) is 6.61 Å². The van der Waals surface area contributed by atoms with Gasteiger partial charge in [0.25, 0.3) is 0 Å². The molecule has 0 spiro atoms. The standard InChI is InChI=1S/C10H13NO3S/c1-2-7-14-11-6-5-8-3-4-9(15-8)10(12)13/h3-4,6H,2,5,7H2,1H3,(H,12,13). The van der Waals surface area contributed by atoms with Crippen LogP contribution in [-0.4, -0.2) is 23.9 Å². The fourth-order valence-electron chi connectivity index (χ4n) is 0.926. The van der Waals surface area contributed by atoms with Crippen molar-refractivity contribution in [3.05, 3.63) is 21.9 Å².